The van der Waals surface area contributed by atoms with E-state index in [4.69, 9.17) is 4.98 Å². The maximum absolute atomic E-state index is 13.2. The molecule has 2 amide bonds. The van der Waals surface area contributed by atoms with Gasteiger partial charge in [0.05, 0.1) is 5.52 Å². The number of aryl methyl sites for hydroxylation is 2. The Morgan fingerprint density at radius 3 is 2.47 bits per heavy atom. The number of hydrogen-bond acceptors (Lipinski definition) is 4. The van der Waals surface area contributed by atoms with Gasteiger partial charge in [-0.25, -0.2) is 9.37 Å². The molecule has 7 heteroatoms. The van der Waals surface area contributed by atoms with E-state index < -0.39 is 0 Å². The molecule has 3 aromatic rings. The number of fused-ring (bicyclic) bond motifs is 1. The predicted octanol–water partition coefficient (Wildman–Crippen LogP) is 5.02. The van der Waals surface area contributed by atoms with Crippen molar-refractivity contribution in [1.29, 1.82) is 0 Å². The Bertz CT molecular complexity index is 1200. The van der Waals surface area contributed by atoms with E-state index in [1.165, 1.54) is 31.4 Å². The third kappa shape index (κ3) is 5.90. The van der Waals surface area contributed by atoms with E-state index in [1.54, 1.807) is 13.0 Å². The van der Waals surface area contributed by atoms with E-state index in [0.29, 0.717) is 12.2 Å². The Hall–Kier alpha value is -3.48. The Labute approximate surface area is 199 Å². The fourth-order valence-electron chi connectivity index (χ4n) is 4.33. The number of hydrogen-bond donors (Lipinski definition) is 2. The minimum Gasteiger partial charge on any atom is -0.357 e. The summed E-state index contributed by atoms with van der Waals surface area (Å²) in [7, 11) is 0. The minimum atomic E-state index is -0.300. The number of nitrogens with zero attached hydrogens (tertiary/aromatic N) is 2. The molecule has 0 atom stereocenters. The standard InChI is InChI=1S/C27H31FN4O2/c1-18-14-21(28)7-6-20(18)17-29-26(33)10-11-27(34)30-22-8-9-24-23(16-22)19(2)15-25(31-24)32-12-4-3-5-13-32/h6-9,14-16H,3-5,10-13,17H2,1-2H3,(H,29,33)(H,30,34). The number of amides is 2. The molecule has 4 rings (SSSR count). The van der Waals surface area contributed by atoms with Crippen LogP contribution in [-0.2, 0) is 16.1 Å². The Balaban J connectivity index is 1.31. The van der Waals surface area contributed by atoms with E-state index in [0.717, 1.165) is 46.5 Å². The molecule has 0 unspecified atom stereocenters. The summed E-state index contributed by atoms with van der Waals surface area (Å²) >= 11 is 0. The highest BCUT2D eigenvalue weighted by molar-refractivity contribution is 5.96. The zero-order valence-electron chi connectivity index (χ0n) is 19.8. The van der Waals surface area contributed by atoms with Crippen LogP contribution in [0.15, 0.2) is 42.5 Å². The average molecular weight is 463 g/mol. The highest BCUT2D eigenvalue weighted by Gasteiger charge is 2.14. The van der Waals surface area contributed by atoms with Gasteiger partial charge in [0.2, 0.25) is 11.8 Å². The molecule has 2 N–H and O–H groups in total. The van der Waals surface area contributed by atoms with Crippen molar-refractivity contribution in [3.8, 4) is 0 Å². The van der Waals surface area contributed by atoms with Crippen molar-refractivity contribution in [3.63, 3.8) is 0 Å². The van der Waals surface area contributed by atoms with Crippen molar-refractivity contribution in [2.24, 2.45) is 0 Å². The normalized spacial score (nSPS) is 13.7. The summed E-state index contributed by atoms with van der Waals surface area (Å²) in [5, 5.41) is 6.68. The number of benzene rings is 2. The first-order chi connectivity index (χ1) is 16.4. The smallest absolute Gasteiger partial charge is 0.224 e. The Morgan fingerprint density at radius 1 is 0.941 bits per heavy atom. The second kappa shape index (κ2) is 10.6. The zero-order valence-corrected chi connectivity index (χ0v) is 19.8. The molecule has 0 spiro atoms. The van der Waals surface area contributed by atoms with E-state index in [-0.39, 0.29) is 30.5 Å². The maximum atomic E-state index is 13.2. The molecule has 0 radical (unpaired) electrons. The molecule has 1 fully saturated rings. The molecular formula is C27H31FN4O2. The van der Waals surface area contributed by atoms with Crippen molar-refractivity contribution < 1.29 is 14.0 Å². The second-order valence-electron chi connectivity index (χ2n) is 8.97. The van der Waals surface area contributed by atoms with E-state index in [2.05, 4.69) is 28.5 Å². The number of nitrogens with one attached hydrogen (secondary N) is 2. The number of aromatic nitrogens is 1. The summed E-state index contributed by atoms with van der Waals surface area (Å²) in [5.74, 6) is 0.278. The van der Waals surface area contributed by atoms with Crippen LogP contribution < -0.4 is 15.5 Å². The highest BCUT2D eigenvalue weighted by atomic mass is 19.1. The molecule has 1 aliphatic heterocycles. The highest BCUT2D eigenvalue weighted by Crippen LogP contribution is 2.27. The zero-order chi connectivity index (χ0) is 24.1. The predicted molar refractivity (Wildman–Crippen MR) is 133 cm³/mol. The molecule has 2 heterocycles. The molecule has 34 heavy (non-hydrogen) atoms. The van der Waals surface area contributed by atoms with Crippen LogP contribution in [0.1, 0.15) is 48.8 Å². The molecule has 0 saturated carbocycles. The van der Waals surface area contributed by atoms with E-state index >= 15 is 0 Å². The van der Waals surface area contributed by atoms with Crippen LogP contribution in [0.5, 0.6) is 0 Å². The quantitative estimate of drug-likeness (QED) is 0.517. The average Bonchev–Trinajstić information content (AvgIpc) is 2.83. The topological polar surface area (TPSA) is 74.3 Å². The number of carbonyl (C=O) groups excluding carboxylic acids is 2. The molecule has 0 bridgehead atoms. The molecule has 178 valence electrons. The summed E-state index contributed by atoms with van der Waals surface area (Å²) in [5.41, 5.74) is 4.35. The number of pyridine rings is 1. The van der Waals surface area contributed by atoms with Crippen molar-refractivity contribution >= 4 is 34.2 Å². The van der Waals surface area contributed by atoms with Crippen LogP contribution in [0.2, 0.25) is 0 Å². The largest absolute Gasteiger partial charge is 0.357 e. The van der Waals surface area contributed by atoms with Gasteiger partial charge in [-0.05, 0) is 86.2 Å². The summed E-state index contributed by atoms with van der Waals surface area (Å²) in [6.45, 7) is 6.26. The van der Waals surface area contributed by atoms with Gasteiger partial charge in [-0.1, -0.05) is 6.07 Å². The van der Waals surface area contributed by atoms with Crippen LogP contribution in [0, 0.1) is 19.7 Å². The Morgan fingerprint density at radius 2 is 1.71 bits per heavy atom. The van der Waals surface area contributed by atoms with Gasteiger partial charge in [0.1, 0.15) is 11.6 Å². The molecular weight excluding hydrogens is 431 g/mol. The lowest BCUT2D eigenvalue weighted by Crippen LogP contribution is -2.30. The van der Waals surface area contributed by atoms with Crippen LogP contribution in [-0.4, -0.2) is 29.9 Å². The van der Waals surface area contributed by atoms with Crippen molar-refractivity contribution in [3.05, 3.63) is 65.0 Å². The van der Waals surface area contributed by atoms with Gasteiger partial charge in [-0.3, -0.25) is 9.59 Å². The van der Waals surface area contributed by atoms with Crippen LogP contribution in [0.25, 0.3) is 10.9 Å². The molecule has 1 aliphatic rings. The number of rotatable bonds is 7. The molecule has 1 aromatic heterocycles. The molecule has 2 aromatic carbocycles. The van der Waals surface area contributed by atoms with Crippen molar-refractivity contribution in [1.82, 2.24) is 10.3 Å². The summed E-state index contributed by atoms with van der Waals surface area (Å²) in [6.07, 6.45) is 3.85. The fraction of sp³-hybridized carbons (Fsp3) is 0.370. The lowest BCUT2D eigenvalue weighted by atomic mass is 10.1. The fourth-order valence-corrected chi connectivity index (χ4v) is 4.33. The van der Waals surface area contributed by atoms with Gasteiger partial charge in [-0.15, -0.1) is 0 Å². The lowest BCUT2D eigenvalue weighted by molar-refractivity contribution is -0.124. The number of piperidine rings is 1. The van der Waals surface area contributed by atoms with Gasteiger partial charge in [-0.2, -0.15) is 0 Å². The first kappa shape index (κ1) is 23.7. The first-order valence-electron chi connectivity index (χ1n) is 11.9. The molecule has 6 nitrogen and oxygen atoms in total. The van der Waals surface area contributed by atoms with Gasteiger partial charge in [0.15, 0.2) is 0 Å². The van der Waals surface area contributed by atoms with E-state index in [1.807, 2.05) is 18.2 Å². The molecule has 1 saturated heterocycles. The summed E-state index contributed by atoms with van der Waals surface area (Å²) < 4.78 is 13.2. The second-order valence-corrected chi connectivity index (χ2v) is 8.97. The third-order valence-corrected chi connectivity index (χ3v) is 6.33. The van der Waals surface area contributed by atoms with Crippen LogP contribution >= 0.6 is 0 Å². The lowest BCUT2D eigenvalue weighted by Gasteiger charge is -2.28. The van der Waals surface area contributed by atoms with Crippen molar-refractivity contribution in [2.75, 3.05) is 23.3 Å². The molecule has 0 aliphatic carbocycles. The van der Waals surface area contributed by atoms with Gasteiger partial charge < -0.3 is 15.5 Å². The summed E-state index contributed by atoms with van der Waals surface area (Å²) in [4.78, 5) is 31.7. The van der Waals surface area contributed by atoms with Gasteiger partial charge in [0.25, 0.3) is 0 Å². The first-order valence-corrected chi connectivity index (χ1v) is 11.9. The number of anilines is 2. The van der Waals surface area contributed by atoms with Gasteiger partial charge in [0, 0.05) is 43.5 Å². The number of carbonyl (C=O) groups is 2. The minimum absolute atomic E-state index is 0.0808. The van der Waals surface area contributed by atoms with Crippen LogP contribution in [0.3, 0.4) is 0 Å². The van der Waals surface area contributed by atoms with E-state index in [9.17, 15) is 14.0 Å². The third-order valence-electron chi connectivity index (χ3n) is 6.33. The number of halogens is 1. The van der Waals surface area contributed by atoms with Gasteiger partial charge >= 0.3 is 0 Å². The maximum Gasteiger partial charge on any atom is 0.224 e. The van der Waals surface area contributed by atoms with Crippen LogP contribution in [0.4, 0.5) is 15.9 Å². The Kier molecular flexibility index (Phi) is 7.40. The summed E-state index contributed by atoms with van der Waals surface area (Å²) in [6, 6.07) is 12.3. The monoisotopic (exact) mass is 462 g/mol. The van der Waals surface area contributed by atoms with Crippen molar-refractivity contribution in [2.45, 2.75) is 52.5 Å². The SMILES string of the molecule is Cc1cc(F)ccc1CNC(=O)CCC(=O)Nc1ccc2nc(N3CCCCC3)cc(C)c2c1.